The van der Waals surface area contributed by atoms with Crippen LogP contribution in [0.1, 0.15) is 38.2 Å². The Hall–Kier alpha value is -3.02. The molecule has 1 saturated carbocycles. The Bertz CT molecular complexity index is 1200. The molecule has 3 fully saturated rings. The molecule has 3 aliphatic rings. The lowest BCUT2D eigenvalue weighted by molar-refractivity contribution is 0.105. The van der Waals surface area contributed by atoms with E-state index >= 15 is 0 Å². The highest BCUT2D eigenvalue weighted by Gasteiger charge is 2.39. The molecule has 0 spiro atoms. The van der Waals surface area contributed by atoms with Gasteiger partial charge in [0.15, 0.2) is 5.82 Å². The molecule has 8 nitrogen and oxygen atoms in total. The highest BCUT2D eigenvalue weighted by molar-refractivity contribution is 5.81. The molecule has 2 aliphatic heterocycles. The first-order chi connectivity index (χ1) is 16.2. The molecule has 1 aromatic carbocycles. The monoisotopic (exact) mass is 443 g/mol. The highest BCUT2D eigenvalue weighted by atomic mass is 16.5. The Balaban J connectivity index is 1.28. The third-order valence-corrected chi connectivity index (χ3v) is 7.78. The van der Waals surface area contributed by atoms with Crippen molar-refractivity contribution < 1.29 is 4.74 Å². The standard InChI is InChI=1S/C25H29N7O/c1-18-14-30(8-9-31(18)21-5-10-33-15-21)23-12-24(28-17-27-23)32-22-11-20(4-3-19(22)13-29-32)25(16-26)6-2-7-25/h3-4,11-13,17-18,21H,2,5-10,14-15H2,1H3/t18-,21-/m0/s1. The van der Waals surface area contributed by atoms with Gasteiger partial charge in [0.1, 0.15) is 12.1 Å². The fourth-order valence-electron chi connectivity index (χ4n) is 5.63. The van der Waals surface area contributed by atoms with Crippen LogP contribution in [0.5, 0.6) is 0 Å². The molecule has 0 amide bonds. The summed E-state index contributed by atoms with van der Waals surface area (Å²) in [6.07, 6.45) is 7.59. The molecule has 4 heterocycles. The van der Waals surface area contributed by atoms with Gasteiger partial charge in [-0.1, -0.05) is 12.1 Å². The number of anilines is 1. The molecule has 170 valence electrons. The number of fused-ring (bicyclic) bond motifs is 1. The van der Waals surface area contributed by atoms with Gasteiger partial charge in [-0.15, -0.1) is 0 Å². The van der Waals surface area contributed by atoms with Gasteiger partial charge >= 0.3 is 0 Å². The van der Waals surface area contributed by atoms with E-state index in [1.807, 2.05) is 16.9 Å². The van der Waals surface area contributed by atoms with Crippen LogP contribution in [-0.2, 0) is 10.2 Å². The molecule has 8 heteroatoms. The molecule has 1 aliphatic carbocycles. The summed E-state index contributed by atoms with van der Waals surface area (Å²) in [7, 11) is 0. The molecule has 0 unspecified atom stereocenters. The number of ether oxygens (including phenoxy) is 1. The maximum Gasteiger partial charge on any atom is 0.159 e. The van der Waals surface area contributed by atoms with Gasteiger partial charge in [-0.3, -0.25) is 4.90 Å². The van der Waals surface area contributed by atoms with Crippen molar-refractivity contribution in [2.45, 2.75) is 50.1 Å². The number of rotatable bonds is 4. The normalized spacial score (nSPS) is 25.2. The zero-order valence-corrected chi connectivity index (χ0v) is 19.0. The second-order valence-corrected chi connectivity index (χ2v) is 9.66. The van der Waals surface area contributed by atoms with Crippen molar-refractivity contribution in [1.82, 2.24) is 24.6 Å². The molecule has 0 bridgehead atoms. The SMILES string of the molecule is C[C@H]1CN(c2cc(-n3ncc4ccc(C5(C#N)CCC5)cc43)ncn2)CCN1[C@H]1CCOC1. The van der Waals surface area contributed by atoms with E-state index in [4.69, 9.17) is 4.74 Å². The second-order valence-electron chi connectivity index (χ2n) is 9.66. The minimum atomic E-state index is -0.347. The van der Waals surface area contributed by atoms with Crippen molar-refractivity contribution in [3.63, 3.8) is 0 Å². The van der Waals surface area contributed by atoms with Crippen LogP contribution in [0.15, 0.2) is 36.8 Å². The molecule has 2 atom stereocenters. The zero-order chi connectivity index (χ0) is 22.4. The second kappa shape index (κ2) is 8.08. The predicted molar refractivity (Wildman–Crippen MR) is 125 cm³/mol. The maximum absolute atomic E-state index is 9.78. The summed E-state index contributed by atoms with van der Waals surface area (Å²) in [4.78, 5) is 14.1. The number of hydrogen-bond acceptors (Lipinski definition) is 7. The molecule has 0 N–H and O–H groups in total. The van der Waals surface area contributed by atoms with E-state index in [0.717, 1.165) is 86.6 Å². The van der Waals surface area contributed by atoms with Gasteiger partial charge < -0.3 is 9.64 Å². The molecular formula is C25H29N7O. The summed E-state index contributed by atoms with van der Waals surface area (Å²) in [5, 5.41) is 15.5. The quantitative estimate of drug-likeness (QED) is 0.613. The van der Waals surface area contributed by atoms with Crippen molar-refractivity contribution >= 4 is 16.7 Å². The van der Waals surface area contributed by atoms with E-state index in [1.54, 1.807) is 6.33 Å². The number of benzene rings is 1. The van der Waals surface area contributed by atoms with Crippen molar-refractivity contribution in [1.29, 1.82) is 5.26 Å². The summed E-state index contributed by atoms with van der Waals surface area (Å²) >= 11 is 0. The third-order valence-electron chi connectivity index (χ3n) is 7.78. The lowest BCUT2D eigenvalue weighted by atomic mass is 9.65. The Labute approximate surface area is 193 Å². The summed E-state index contributed by atoms with van der Waals surface area (Å²) in [6.45, 7) is 6.90. The molecule has 0 radical (unpaired) electrons. The third kappa shape index (κ3) is 3.47. The maximum atomic E-state index is 9.78. The lowest BCUT2D eigenvalue weighted by Gasteiger charge is -2.43. The summed E-state index contributed by atoms with van der Waals surface area (Å²) in [6, 6.07) is 11.8. The van der Waals surface area contributed by atoms with Gasteiger partial charge in [0.05, 0.1) is 29.8 Å². The average molecular weight is 444 g/mol. The van der Waals surface area contributed by atoms with Gasteiger partial charge in [-0.25, -0.2) is 14.6 Å². The zero-order valence-electron chi connectivity index (χ0n) is 19.0. The van der Waals surface area contributed by atoms with Gasteiger partial charge in [-0.05, 0) is 44.2 Å². The molecule has 33 heavy (non-hydrogen) atoms. The Morgan fingerprint density at radius 1 is 1.15 bits per heavy atom. The van der Waals surface area contributed by atoms with Crippen molar-refractivity contribution in [3.05, 3.63) is 42.4 Å². The first-order valence-corrected chi connectivity index (χ1v) is 12.0. The largest absolute Gasteiger partial charge is 0.380 e. The first kappa shape index (κ1) is 20.6. The number of nitriles is 1. The fraction of sp³-hybridized carbons (Fsp3) is 0.520. The van der Waals surface area contributed by atoms with E-state index in [2.05, 4.69) is 56.1 Å². The Morgan fingerprint density at radius 2 is 2.03 bits per heavy atom. The number of hydrogen-bond donors (Lipinski definition) is 0. The van der Waals surface area contributed by atoms with Gasteiger partial charge in [-0.2, -0.15) is 10.4 Å². The van der Waals surface area contributed by atoms with Crippen LogP contribution >= 0.6 is 0 Å². The van der Waals surface area contributed by atoms with E-state index in [0.29, 0.717) is 12.1 Å². The van der Waals surface area contributed by atoms with Crippen LogP contribution < -0.4 is 4.90 Å². The Kier molecular flexibility index (Phi) is 5.04. The van der Waals surface area contributed by atoms with Crippen LogP contribution in [0, 0.1) is 11.3 Å². The lowest BCUT2D eigenvalue weighted by Crippen LogP contribution is -2.55. The highest BCUT2D eigenvalue weighted by Crippen LogP contribution is 2.43. The Morgan fingerprint density at radius 3 is 2.76 bits per heavy atom. The van der Waals surface area contributed by atoms with Crippen molar-refractivity contribution in [3.8, 4) is 11.9 Å². The fourth-order valence-corrected chi connectivity index (χ4v) is 5.63. The summed E-state index contributed by atoms with van der Waals surface area (Å²) < 4.78 is 7.48. The molecule has 2 saturated heterocycles. The smallest absolute Gasteiger partial charge is 0.159 e. The molecule has 3 aromatic rings. The van der Waals surface area contributed by atoms with E-state index in [1.165, 1.54) is 0 Å². The van der Waals surface area contributed by atoms with Gasteiger partial charge in [0.2, 0.25) is 0 Å². The summed E-state index contributed by atoms with van der Waals surface area (Å²) in [5.74, 6) is 1.69. The van der Waals surface area contributed by atoms with Gasteiger partial charge in [0, 0.05) is 49.8 Å². The van der Waals surface area contributed by atoms with Crippen LogP contribution in [0.25, 0.3) is 16.7 Å². The topological polar surface area (TPSA) is 83.1 Å². The van der Waals surface area contributed by atoms with E-state index < -0.39 is 0 Å². The van der Waals surface area contributed by atoms with Crippen LogP contribution in [-0.4, -0.2) is 69.6 Å². The summed E-state index contributed by atoms with van der Waals surface area (Å²) in [5.41, 5.74) is 1.72. The average Bonchev–Trinajstić information content (AvgIpc) is 3.49. The van der Waals surface area contributed by atoms with Crippen LogP contribution in [0.3, 0.4) is 0 Å². The van der Waals surface area contributed by atoms with Crippen molar-refractivity contribution in [2.24, 2.45) is 0 Å². The minimum absolute atomic E-state index is 0.347. The van der Waals surface area contributed by atoms with E-state index in [9.17, 15) is 5.26 Å². The van der Waals surface area contributed by atoms with E-state index in [-0.39, 0.29) is 5.41 Å². The predicted octanol–water partition coefficient (Wildman–Crippen LogP) is 3.06. The number of nitrogens with zero attached hydrogens (tertiary/aromatic N) is 7. The molecular weight excluding hydrogens is 414 g/mol. The molecule has 6 rings (SSSR count). The van der Waals surface area contributed by atoms with Crippen molar-refractivity contribution in [2.75, 3.05) is 37.7 Å². The minimum Gasteiger partial charge on any atom is -0.380 e. The number of piperazine rings is 1. The molecule has 2 aromatic heterocycles. The number of aromatic nitrogens is 4. The van der Waals surface area contributed by atoms with Gasteiger partial charge in [0.25, 0.3) is 0 Å². The van der Waals surface area contributed by atoms with Crippen LogP contribution in [0.4, 0.5) is 5.82 Å². The van der Waals surface area contributed by atoms with Crippen LogP contribution in [0.2, 0.25) is 0 Å². The first-order valence-electron chi connectivity index (χ1n) is 12.0.